The number of benzene rings is 3. The molecule has 0 spiro atoms. The highest BCUT2D eigenvalue weighted by Crippen LogP contribution is 2.27. The zero-order valence-electron chi connectivity index (χ0n) is 15.9. The van der Waals surface area contributed by atoms with Crippen LogP contribution in [0.5, 0.6) is 5.75 Å². The minimum absolute atomic E-state index is 0.0340. The zero-order valence-corrected chi connectivity index (χ0v) is 15.9. The van der Waals surface area contributed by atoms with E-state index in [1.54, 1.807) is 30.3 Å². The van der Waals surface area contributed by atoms with E-state index in [0.717, 1.165) is 0 Å². The molecule has 3 rings (SSSR count). The van der Waals surface area contributed by atoms with Crippen LogP contribution in [0.3, 0.4) is 0 Å². The Hall–Kier alpha value is -3.93. The first-order valence-corrected chi connectivity index (χ1v) is 9.13. The maximum absolute atomic E-state index is 13.1. The summed E-state index contributed by atoms with van der Waals surface area (Å²) in [5.41, 5.74) is 2.17. The van der Waals surface area contributed by atoms with Crippen molar-refractivity contribution in [2.24, 2.45) is 0 Å². The lowest BCUT2D eigenvalue weighted by atomic mass is 10.0. The smallest absolute Gasteiger partial charge is 0.270 e. The number of hydrogen-bond acceptors (Lipinski definition) is 4. The van der Waals surface area contributed by atoms with Gasteiger partial charge in [0.2, 0.25) is 0 Å². The highest BCUT2D eigenvalue weighted by atomic mass is 16.6. The molecule has 0 aromatic heterocycles. The Morgan fingerprint density at radius 2 is 1.76 bits per heavy atom. The molecular formula is C23H20N2O4. The molecule has 0 saturated heterocycles. The molecule has 1 amide bonds. The number of anilines is 1. The van der Waals surface area contributed by atoms with E-state index in [2.05, 4.69) is 5.32 Å². The van der Waals surface area contributed by atoms with Gasteiger partial charge in [-0.2, -0.15) is 0 Å². The second-order valence-electron chi connectivity index (χ2n) is 6.16. The van der Waals surface area contributed by atoms with Gasteiger partial charge in [0.1, 0.15) is 5.75 Å². The molecular weight excluding hydrogens is 368 g/mol. The van der Waals surface area contributed by atoms with Crippen LogP contribution >= 0.6 is 0 Å². The van der Waals surface area contributed by atoms with E-state index < -0.39 is 4.92 Å². The van der Waals surface area contributed by atoms with Gasteiger partial charge in [0.25, 0.3) is 11.6 Å². The number of nitrogens with one attached hydrogen (secondary N) is 1. The maximum Gasteiger partial charge on any atom is 0.270 e. The second kappa shape index (κ2) is 9.32. The summed E-state index contributed by atoms with van der Waals surface area (Å²) >= 11 is 0. The number of para-hydroxylation sites is 2. The molecule has 3 aromatic rings. The number of amides is 1. The van der Waals surface area contributed by atoms with Gasteiger partial charge in [-0.25, -0.2) is 0 Å². The van der Waals surface area contributed by atoms with Gasteiger partial charge in [-0.15, -0.1) is 0 Å². The average Bonchev–Trinajstić information content (AvgIpc) is 2.74. The van der Waals surface area contributed by atoms with Crippen LogP contribution in [-0.4, -0.2) is 17.4 Å². The van der Waals surface area contributed by atoms with Crippen molar-refractivity contribution in [2.75, 3.05) is 11.9 Å². The van der Waals surface area contributed by atoms with E-state index in [4.69, 9.17) is 4.74 Å². The molecule has 1 N–H and O–H groups in total. The standard InChI is InChI=1S/C23H20N2O4/c1-2-29-22-14-7-6-13-21(22)24-23(26)20(18-10-4-3-5-11-18)16-17-9-8-12-19(15-17)25(27)28/h3-16H,2H2,1H3,(H,24,26)/b20-16+. The van der Waals surface area contributed by atoms with Crippen molar-refractivity contribution in [1.29, 1.82) is 0 Å². The number of nitrogens with zero attached hydrogens (tertiary/aromatic N) is 1. The van der Waals surface area contributed by atoms with E-state index >= 15 is 0 Å². The van der Waals surface area contributed by atoms with Gasteiger partial charge in [-0.05, 0) is 36.3 Å². The molecule has 29 heavy (non-hydrogen) atoms. The van der Waals surface area contributed by atoms with Gasteiger partial charge in [0.15, 0.2) is 0 Å². The summed E-state index contributed by atoms with van der Waals surface area (Å²) in [6, 6.07) is 22.5. The third-order valence-corrected chi connectivity index (χ3v) is 4.16. The lowest BCUT2D eigenvalue weighted by Gasteiger charge is -2.13. The number of nitro groups is 1. The monoisotopic (exact) mass is 388 g/mol. The van der Waals surface area contributed by atoms with Gasteiger partial charge in [-0.1, -0.05) is 54.6 Å². The fourth-order valence-corrected chi connectivity index (χ4v) is 2.83. The Kier molecular flexibility index (Phi) is 6.37. The summed E-state index contributed by atoms with van der Waals surface area (Å²) in [6.45, 7) is 2.35. The first-order chi connectivity index (χ1) is 14.1. The fraction of sp³-hybridized carbons (Fsp3) is 0.0870. The van der Waals surface area contributed by atoms with Gasteiger partial charge in [-0.3, -0.25) is 14.9 Å². The van der Waals surface area contributed by atoms with Crippen LogP contribution in [0.2, 0.25) is 0 Å². The van der Waals surface area contributed by atoms with Crippen LogP contribution in [0.1, 0.15) is 18.1 Å². The number of non-ortho nitro benzene ring substituents is 1. The lowest BCUT2D eigenvalue weighted by Crippen LogP contribution is -2.14. The third-order valence-electron chi connectivity index (χ3n) is 4.16. The van der Waals surface area contributed by atoms with E-state index in [1.807, 2.05) is 49.4 Å². The second-order valence-corrected chi connectivity index (χ2v) is 6.16. The lowest BCUT2D eigenvalue weighted by molar-refractivity contribution is -0.384. The Balaban J connectivity index is 2.00. The third kappa shape index (κ3) is 5.07. The highest BCUT2D eigenvalue weighted by molar-refractivity contribution is 6.29. The molecule has 0 aliphatic carbocycles. The number of carbonyl (C=O) groups excluding carboxylic acids is 1. The largest absolute Gasteiger partial charge is 0.492 e. The molecule has 0 bridgehead atoms. The Morgan fingerprint density at radius 1 is 1.03 bits per heavy atom. The molecule has 6 heteroatoms. The van der Waals surface area contributed by atoms with Gasteiger partial charge >= 0.3 is 0 Å². The van der Waals surface area contributed by atoms with Crippen LogP contribution < -0.4 is 10.1 Å². The summed E-state index contributed by atoms with van der Waals surface area (Å²) < 4.78 is 5.57. The Morgan fingerprint density at radius 3 is 2.48 bits per heavy atom. The number of rotatable bonds is 7. The number of carbonyl (C=O) groups is 1. The van der Waals surface area contributed by atoms with Gasteiger partial charge in [0, 0.05) is 17.7 Å². The molecule has 0 fully saturated rings. The summed E-state index contributed by atoms with van der Waals surface area (Å²) in [4.78, 5) is 23.7. The zero-order chi connectivity index (χ0) is 20.6. The van der Waals surface area contributed by atoms with E-state index in [9.17, 15) is 14.9 Å². The normalized spacial score (nSPS) is 11.0. The highest BCUT2D eigenvalue weighted by Gasteiger charge is 2.15. The van der Waals surface area contributed by atoms with Crippen molar-refractivity contribution in [1.82, 2.24) is 0 Å². The van der Waals surface area contributed by atoms with Crippen molar-refractivity contribution in [3.05, 3.63) is 100 Å². The van der Waals surface area contributed by atoms with E-state index in [-0.39, 0.29) is 11.6 Å². The van der Waals surface area contributed by atoms with Crippen LogP contribution in [-0.2, 0) is 4.79 Å². The number of hydrogen-bond donors (Lipinski definition) is 1. The Bertz CT molecular complexity index is 1050. The summed E-state index contributed by atoms with van der Waals surface area (Å²) in [6.07, 6.45) is 1.64. The summed E-state index contributed by atoms with van der Waals surface area (Å²) in [5, 5.41) is 14.0. The fourth-order valence-electron chi connectivity index (χ4n) is 2.83. The number of ether oxygens (including phenoxy) is 1. The molecule has 0 unspecified atom stereocenters. The van der Waals surface area contributed by atoms with E-state index in [0.29, 0.717) is 34.7 Å². The molecule has 146 valence electrons. The van der Waals surface area contributed by atoms with Gasteiger partial charge in [0.05, 0.1) is 17.2 Å². The van der Waals surface area contributed by atoms with Crippen molar-refractivity contribution < 1.29 is 14.5 Å². The van der Waals surface area contributed by atoms with Crippen molar-refractivity contribution in [2.45, 2.75) is 6.92 Å². The maximum atomic E-state index is 13.1. The first kappa shape index (κ1) is 19.8. The minimum Gasteiger partial charge on any atom is -0.492 e. The average molecular weight is 388 g/mol. The molecule has 0 atom stereocenters. The molecule has 6 nitrogen and oxygen atoms in total. The first-order valence-electron chi connectivity index (χ1n) is 9.13. The van der Waals surface area contributed by atoms with Crippen LogP contribution in [0.25, 0.3) is 11.6 Å². The SMILES string of the molecule is CCOc1ccccc1NC(=O)/C(=C/c1cccc([N+](=O)[O-])c1)c1ccccc1. The van der Waals surface area contributed by atoms with Crippen molar-refractivity contribution in [3.63, 3.8) is 0 Å². The van der Waals surface area contributed by atoms with Gasteiger partial charge < -0.3 is 10.1 Å². The molecule has 0 heterocycles. The molecule has 0 aliphatic rings. The molecule has 0 saturated carbocycles. The topological polar surface area (TPSA) is 81.5 Å². The van der Waals surface area contributed by atoms with Crippen molar-refractivity contribution in [3.8, 4) is 5.75 Å². The summed E-state index contributed by atoms with van der Waals surface area (Å²) in [5.74, 6) is 0.237. The quantitative estimate of drug-likeness (QED) is 0.262. The van der Waals surface area contributed by atoms with E-state index in [1.165, 1.54) is 12.1 Å². The molecule has 3 aromatic carbocycles. The van der Waals surface area contributed by atoms with Crippen molar-refractivity contribution >= 4 is 28.9 Å². The predicted molar refractivity (Wildman–Crippen MR) is 114 cm³/mol. The molecule has 0 aliphatic heterocycles. The van der Waals surface area contributed by atoms with Crippen LogP contribution in [0.15, 0.2) is 78.9 Å². The number of nitro benzene ring substituents is 1. The van der Waals surface area contributed by atoms with Crippen LogP contribution in [0.4, 0.5) is 11.4 Å². The van der Waals surface area contributed by atoms with Crippen LogP contribution in [0, 0.1) is 10.1 Å². The minimum atomic E-state index is -0.460. The Labute approximate surface area is 168 Å². The predicted octanol–water partition coefficient (Wildman–Crippen LogP) is 5.17. The molecule has 0 radical (unpaired) electrons. The summed E-state index contributed by atoms with van der Waals surface area (Å²) in [7, 11) is 0.